The van der Waals surface area contributed by atoms with Crippen LogP contribution >= 0.6 is 11.3 Å². The van der Waals surface area contributed by atoms with E-state index >= 15 is 0 Å². The molecule has 0 radical (unpaired) electrons. The highest BCUT2D eigenvalue weighted by Gasteiger charge is 1.98. The lowest BCUT2D eigenvalue weighted by Crippen LogP contribution is -2.20. The Morgan fingerprint density at radius 3 is 3.06 bits per heavy atom. The van der Waals surface area contributed by atoms with E-state index in [2.05, 4.69) is 47.1 Å². The third-order valence-corrected chi connectivity index (χ3v) is 3.47. The first-order valence-electron chi connectivity index (χ1n) is 5.64. The van der Waals surface area contributed by atoms with Gasteiger partial charge in [0.25, 0.3) is 0 Å². The number of hydrogen-bond acceptors (Lipinski definition) is 2. The number of thiophene rings is 1. The van der Waals surface area contributed by atoms with Crippen molar-refractivity contribution < 1.29 is 4.79 Å². The van der Waals surface area contributed by atoms with E-state index < -0.39 is 0 Å². The minimum Gasteiger partial charge on any atom is -0.356 e. The molecule has 0 aliphatic carbocycles. The van der Waals surface area contributed by atoms with Crippen molar-refractivity contribution in [1.29, 1.82) is 0 Å². The molecule has 1 aromatic carbocycles. The van der Waals surface area contributed by atoms with Crippen molar-refractivity contribution in [1.82, 2.24) is 5.32 Å². The zero-order valence-electron chi connectivity index (χ0n) is 9.77. The number of carbonyl (C=O) groups excluding carboxylic acids is 1. The first-order valence-corrected chi connectivity index (χ1v) is 6.52. The Morgan fingerprint density at radius 2 is 2.24 bits per heavy atom. The largest absolute Gasteiger partial charge is 0.356 e. The highest BCUT2D eigenvalue weighted by Crippen LogP contribution is 2.26. The van der Waals surface area contributed by atoms with Crippen LogP contribution in [0, 0.1) is 0 Å². The van der Waals surface area contributed by atoms with Crippen molar-refractivity contribution in [2.45, 2.75) is 13.3 Å². The molecule has 0 atom stereocenters. The third-order valence-electron chi connectivity index (χ3n) is 2.49. The van der Waals surface area contributed by atoms with Gasteiger partial charge in [-0.15, -0.1) is 11.3 Å². The number of amides is 1. The van der Waals surface area contributed by atoms with Crippen LogP contribution in [0.4, 0.5) is 0 Å². The summed E-state index contributed by atoms with van der Waals surface area (Å²) in [5, 5.41) is 6.24. The Hall–Kier alpha value is -1.61. The van der Waals surface area contributed by atoms with Crippen LogP contribution in [0.2, 0.25) is 0 Å². The molecule has 1 N–H and O–H groups in total. The molecule has 2 aromatic rings. The van der Waals surface area contributed by atoms with Crippen molar-refractivity contribution in [2.24, 2.45) is 0 Å². The van der Waals surface area contributed by atoms with Gasteiger partial charge in [-0.1, -0.05) is 30.4 Å². The summed E-state index contributed by atoms with van der Waals surface area (Å²) in [6.45, 7) is 2.24. The first-order chi connectivity index (χ1) is 8.27. The van der Waals surface area contributed by atoms with E-state index in [-0.39, 0.29) is 5.91 Å². The molecule has 1 heterocycles. The summed E-state index contributed by atoms with van der Waals surface area (Å²) < 4.78 is 1.31. The summed E-state index contributed by atoms with van der Waals surface area (Å²) in [7, 11) is 0. The fourth-order valence-corrected chi connectivity index (χ4v) is 2.60. The van der Waals surface area contributed by atoms with Crippen LogP contribution in [-0.2, 0) is 4.79 Å². The summed E-state index contributed by atoms with van der Waals surface area (Å²) in [5.41, 5.74) is 1.26. The highest BCUT2D eigenvalue weighted by molar-refractivity contribution is 7.17. The van der Waals surface area contributed by atoms with Crippen LogP contribution in [0.25, 0.3) is 16.2 Å². The summed E-state index contributed by atoms with van der Waals surface area (Å²) in [6, 6.07) is 8.39. The van der Waals surface area contributed by atoms with E-state index in [1.54, 1.807) is 11.3 Å². The van der Waals surface area contributed by atoms with Gasteiger partial charge in [0, 0.05) is 18.2 Å². The van der Waals surface area contributed by atoms with Gasteiger partial charge < -0.3 is 5.32 Å². The SMILES string of the molecule is CC(=O)NCCC=Cc1csc2ccccc12. The molecule has 0 aliphatic rings. The van der Waals surface area contributed by atoms with Crippen molar-refractivity contribution in [2.75, 3.05) is 6.54 Å². The van der Waals surface area contributed by atoms with Crippen LogP contribution < -0.4 is 5.32 Å². The predicted octanol–water partition coefficient (Wildman–Crippen LogP) is 3.44. The van der Waals surface area contributed by atoms with Crippen LogP contribution in [0.15, 0.2) is 35.7 Å². The third kappa shape index (κ3) is 3.17. The van der Waals surface area contributed by atoms with Gasteiger partial charge in [-0.3, -0.25) is 4.79 Å². The molecule has 88 valence electrons. The van der Waals surface area contributed by atoms with Crippen molar-refractivity contribution in [3.63, 3.8) is 0 Å². The van der Waals surface area contributed by atoms with Crippen molar-refractivity contribution in [3.8, 4) is 0 Å². The number of fused-ring (bicyclic) bond motifs is 1. The molecule has 1 aromatic heterocycles. The molecule has 0 unspecified atom stereocenters. The molecular weight excluding hydrogens is 230 g/mol. The van der Waals surface area contributed by atoms with E-state index in [1.807, 2.05) is 0 Å². The molecule has 0 bridgehead atoms. The van der Waals surface area contributed by atoms with Gasteiger partial charge in [0.1, 0.15) is 0 Å². The summed E-state index contributed by atoms with van der Waals surface area (Å²) in [5.74, 6) is 0.0272. The lowest BCUT2D eigenvalue weighted by molar-refractivity contribution is -0.118. The van der Waals surface area contributed by atoms with Crippen molar-refractivity contribution in [3.05, 3.63) is 41.3 Å². The molecule has 1 amide bonds. The number of nitrogens with one attached hydrogen (secondary N) is 1. The van der Waals surface area contributed by atoms with Crippen LogP contribution in [-0.4, -0.2) is 12.5 Å². The average Bonchev–Trinajstić information content (AvgIpc) is 2.72. The molecule has 0 saturated heterocycles. The molecule has 3 heteroatoms. The maximum atomic E-state index is 10.7. The van der Waals surface area contributed by atoms with Gasteiger partial charge in [-0.05, 0) is 28.8 Å². The fraction of sp³-hybridized carbons (Fsp3) is 0.214. The van der Waals surface area contributed by atoms with Gasteiger partial charge >= 0.3 is 0 Å². The summed E-state index contributed by atoms with van der Waals surface area (Å²) >= 11 is 1.76. The Kier molecular flexibility index (Phi) is 3.94. The molecule has 0 aliphatic heterocycles. The molecule has 2 nitrogen and oxygen atoms in total. The minimum atomic E-state index is 0.0272. The predicted molar refractivity (Wildman–Crippen MR) is 74.2 cm³/mol. The Bertz CT molecular complexity index is 542. The lowest BCUT2D eigenvalue weighted by atomic mass is 10.1. The van der Waals surface area contributed by atoms with E-state index in [9.17, 15) is 4.79 Å². The second kappa shape index (κ2) is 5.64. The lowest BCUT2D eigenvalue weighted by Gasteiger charge is -1.96. The van der Waals surface area contributed by atoms with Gasteiger partial charge in [0.2, 0.25) is 5.91 Å². The summed E-state index contributed by atoms with van der Waals surface area (Å²) in [4.78, 5) is 10.7. The van der Waals surface area contributed by atoms with E-state index in [0.717, 1.165) is 6.42 Å². The van der Waals surface area contributed by atoms with Gasteiger partial charge in [0.05, 0.1) is 0 Å². The van der Waals surface area contributed by atoms with Crippen LogP contribution in [0.5, 0.6) is 0 Å². The van der Waals surface area contributed by atoms with Crippen LogP contribution in [0.1, 0.15) is 18.9 Å². The minimum absolute atomic E-state index is 0.0272. The topological polar surface area (TPSA) is 29.1 Å². The Morgan fingerprint density at radius 1 is 1.41 bits per heavy atom. The number of rotatable bonds is 4. The fourth-order valence-electron chi connectivity index (χ4n) is 1.67. The maximum absolute atomic E-state index is 10.7. The number of hydrogen-bond donors (Lipinski definition) is 1. The van der Waals surface area contributed by atoms with Crippen LogP contribution in [0.3, 0.4) is 0 Å². The maximum Gasteiger partial charge on any atom is 0.216 e. The molecule has 17 heavy (non-hydrogen) atoms. The molecule has 0 spiro atoms. The highest BCUT2D eigenvalue weighted by atomic mass is 32.1. The number of benzene rings is 1. The quantitative estimate of drug-likeness (QED) is 0.821. The normalized spacial score (nSPS) is 11.1. The second-order valence-electron chi connectivity index (χ2n) is 3.86. The second-order valence-corrected chi connectivity index (χ2v) is 4.77. The summed E-state index contributed by atoms with van der Waals surface area (Å²) in [6.07, 6.45) is 5.09. The van der Waals surface area contributed by atoms with E-state index in [4.69, 9.17) is 0 Å². The Labute approximate surface area is 105 Å². The zero-order valence-corrected chi connectivity index (χ0v) is 10.6. The zero-order chi connectivity index (χ0) is 12.1. The molecule has 0 fully saturated rings. The van der Waals surface area contributed by atoms with Gasteiger partial charge in [0.15, 0.2) is 0 Å². The molecular formula is C14H15NOS. The van der Waals surface area contributed by atoms with Crippen molar-refractivity contribution >= 4 is 33.4 Å². The van der Waals surface area contributed by atoms with E-state index in [1.165, 1.54) is 22.6 Å². The Balaban J connectivity index is 1.98. The molecule has 2 rings (SSSR count). The average molecular weight is 245 g/mol. The van der Waals surface area contributed by atoms with Gasteiger partial charge in [-0.25, -0.2) is 0 Å². The van der Waals surface area contributed by atoms with Gasteiger partial charge in [-0.2, -0.15) is 0 Å². The first kappa shape index (κ1) is 11.9. The monoisotopic (exact) mass is 245 g/mol. The number of carbonyl (C=O) groups is 1. The molecule has 0 saturated carbocycles. The van der Waals surface area contributed by atoms with E-state index in [0.29, 0.717) is 6.54 Å². The standard InChI is InChI=1S/C14H15NOS/c1-11(16)15-9-5-4-6-12-10-17-14-8-3-2-7-13(12)14/h2-4,6-8,10H,5,9H2,1H3,(H,15,16). The smallest absolute Gasteiger partial charge is 0.216 e.